The van der Waals surface area contributed by atoms with Crippen molar-refractivity contribution in [2.45, 2.75) is 24.3 Å². The molecular weight excluding hydrogens is 410 g/mol. The molecule has 2 unspecified atom stereocenters. The molecule has 2 aliphatic heterocycles. The maximum absolute atomic E-state index is 12.8. The molecule has 3 heterocycles. The number of ether oxygens (including phenoxy) is 2. The van der Waals surface area contributed by atoms with Gasteiger partial charge in [-0.15, -0.1) is 11.8 Å². The first-order valence-corrected chi connectivity index (χ1v) is 10.5. The van der Waals surface area contributed by atoms with E-state index in [-0.39, 0.29) is 23.2 Å². The van der Waals surface area contributed by atoms with Gasteiger partial charge in [-0.05, 0) is 49.7 Å². The van der Waals surface area contributed by atoms with E-state index in [4.69, 9.17) is 26.2 Å². The van der Waals surface area contributed by atoms with Gasteiger partial charge in [0.25, 0.3) is 0 Å². The average Bonchev–Trinajstić information content (AvgIpc) is 3.26. The lowest BCUT2D eigenvalue weighted by atomic mass is 10.0. The summed E-state index contributed by atoms with van der Waals surface area (Å²) < 4.78 is 12.8. The van der Waals surface area contributed by atoms with Crippen LogP contribution in [-0.2, 0) is 4.79 Å². The van der Waals surface area contributed by atoms with Crippen LogP contribution in [0.25, 0.3) is 5.69 Å². The number of aryl methyl sites for hydroxylation is 1. The van der Waals surface area contributed by atoms with Crippen LogP contribution >= 0.6 is 23.4 Å². The van der Waals surface area contributed by atoms with Crippen LogP contribution in [0.2, 0.25) is 5.02 Å². The molecule has 1 N–H and O–H groups in total. The fourth-order valence-electron chi connectivity index (χ4n) is 3.64. The van der Waals surface area contributed by atoms with E-state index in [1.807, 2.05) is 56.3 Å². The number of anilines is 1. The number of carbonyl (C=O) groups is 1. The molecular formula is C21H18ClN3O3S. The van der Waals surface area contributed by atoms with Crippen LogP contribution in [0.4, 0.5) is 5.82 Å². The van der Waals surface area contributed by atoms with Crippen molar-refractivity contribution in [1.29, 1.82) is 0 Å². The van der Waals surface area contributed by atoms with Gasteiger partial charge in [0.15, 0.2) is 11.5 Å². The van der Waals surface area contributed by atoms with E-state index >= 15 is 0 Å². The number of hydrogen-bond donors (Lipinski definition) is 1. The normalized spacial score (nSPS) is 20.2. The first-order valence-electron chi connectivity index (χ1n) is 9.22. The van der Waals surface area contributed by atoms with Gasteiger partial charge in [0.2, 0.25) is 12.7 Å². The Labute approximate surface area is 177 Å². The predicted octanol–water partition coefficient (Wildman–Crippen LogP) is 4.73. The highest BCUT2D eigenvalue weighted by Gasteiger charge is 2.34. The summed E-state index contributed by atoms with van der Waals surface area (Å²) >= 11 is 7.78. The molecule has 0 fully saturated rings. The predicted molar refractivity (Wildman–Crippen MR) is 113 cm³/mol. The Kier molecular flexibility index (Phi) is 4.44. The van der Waals surface area contributed by atoms with Crippen molar-refractivity contribution >= 4 is 35.1 Å². The van der Waals surface area contributed by atoms with Gasteiger partial charge in [0.05, 0.1) is 21.9 Å². The van der Waals surface area contributed by atoms with Crippen LogP contribution in [-0.4, -0.2) is 27.7 Å². The Bertz CT molecular complexity index is 1130. The highest BCUT2D eigenvalue weighted by molar-refractivity contribution is 8.01. The van der Waals surface area contributed by atoms with E-state index in [0.29, 0.717) is 10.8 Å². The number of benzene rings is 2. The summed E-state index contributed by atoms with van der Waals surface area (Å²) in [6.45, 7) is 4.10. The van der Waals surface area contributed by atoms with E-state index in [2.05, 4.69) is 5.32 Å². The molecule has 2 aromatic carbocycles. The molecule has 3 aromatic rings. The van der Waals surface area contributed by atoms with Crippen molar-refractivity contribution in [2.75, 3.05) is 12.1 Å². The quantitative estimate of drug-likeness (QED) is 0.640. The van der Waals surface area contributed by atoms with Crippen molar-refractivity contribution in [3.8, 4) is 17.2 Å². The van der Waals surface area contributed by atoms with Crippen molar-refractivity contribution in [3.05, 3.63) is 64.3 Å². The third kappa shape index (κ3) is 3.14. The molecule has 0 bridgehead atoms. The van der Waals surface area contributed by atoms with Crippen LogP contribution in [0.15, 0.2) is 42.5 Å². The first-order chi connectivity index (χ1) is 14.0. The van der Waals surface area contributed by atoms with Gasteiger partial charge in [-0.25, -0.2) is 4.68 Å². The lowest BCUT2D eigenvalue weighted by molar-refractivity contribution is -0.115. The summed E-state index contributed by atoms with van der Waals surface area (Å²) in [4.78, 5) is 12.8. The summed E-state index contributed by atoms with van der Waals surface area (Å²) in [5.74, 6) is 2.08. The van der Waals surface area contributed by atoms with Gasteiger partial charge in [0.1, 0.15) is 5.82 Å². The summed E-state index contributed by atoms with van der Waals surface area (Å²) in [5.41, 5.74) is 3.67. The summed E-state index contributed by atoms with van der Waals surface area (Å²) in [7, 11) is 0. The average molecular weight is 428 g/mol. The fourth-order valence-corrected chi connectivity index (χ4v) is 5.14. The second kappa shape index (κ2) is 7.00. The van der Waals surface area contributed by atoms with Gasteiger partial charge < -0.3 is 14.8 Å². The van der Waals surface area contributed by atoms with Crippen LogP contribution in [0.1, 0.15) is 29.0 Å². The number of aromatic nitrogens is 2. The van der Waals surface area contributed by atoms with E-state index in [1.165, 1.54) is 0 Å². The zero-order chi connectivity index (χ0) is 20.1. The maximum Gasteiger partial charge on any atom is 0.238 e. The van der Waals surface area contributed by atoms with Gasteiger partial charge in [0, 0.05) is 10.6 Å². The molecule has 0 aliphatic carbocycles. The summed E-state index contributed by atoms with van der Waals surface area (Å²) in [6, 6.07) is 13.4. The summed E-state index contributed by atoms with van der Waals surface area (Å²) in [5, 5.41) is 8.10. The Balaban J connectivity index is 1.68. The van der Waals surface area contributed by atoms with Crippen LogP contribution < -0.4 is 14.8 Å². The number of hydrogen-bond acceptors (Lipinski definition) is 5. The molecule has 2 aliphatic rings. The van der Waals surface area contributed by atoms with Crippen molar-refractivity contribution < 1.29 is 14.3 Å². The second-order valence-corrected chi connectivity index (χ2v) is 8.89. The molecule has 6 nitrogen and oxygen atoms in total. The topological polar surface area (TPSA) is 65.4 Å². The Hall–Kier alpha value is -2.64. The first kappa shape index (κ1) is 18.4. The second-order valence-electron chi connectivity index (χ2n) is 7.00. The molecule has 1 aromatic heterocycles. The van der Waals surface area contributed by atoms with Gasteiger partial charge >= 0.3 is 0 Å². The molecule has 0 saturated heterocycles. The van der Waals surface area contributed by atoms with Crippen molar-refractivity contribution in [2.24, 2.45) is 0 Å². The van der Waals surface area contributed by atoms with Gasteiger partial charge in [-0.1, -0.05) is 23.7 Å². The number of amides is 1. The number of halogens is 1. The minimum absolute atomic E-state index is 0.0531. The number of nitrogens with one attached hydrogen (secondary N) is 1. The van der Waals surface area contributed by atoms with Crippen LogP contribution in [0.5, 0.6) is 11.5 Å². The van der Waals surface area contributed by atoms with Crippen molar-refractivity contribution in [3.63, 3.8) is 0 Å². The molecule has 2 atom stereocenters. The number of thioether (sulfide) groups is 1. The number of nitrogens with zero attached hydrogens (tertiary/aromatic N) is 2. The minimum Gasteiger partial charge on any atom is -0.454 e. The zero-order valence-corrected chi connectivity index (χ0v) is 17.4. The van der Waals surface area contributed by atoms with Crippen LogP contribution in [0.3, 0.4) is 0 Å². The van der Waals surface area contributed by atoms with E-state index in [0.717, 1.165) is 34.0 Å². The summed E-state index contributed by atoms with van der Waals surface area (Å²) in [6.07, 6.45) is 0. The standard InChI is InChI=1S/C21H18ClN3O3S/c1-11-18-19(13-6-7-16-17(8-13)28-10-27-16)29-12(2)21(26)23-20(18)25(24-11)15-5-3-4-14(22)9-15/h3-9,12,19H,10H2,1-2H3,(H,23,26). The molecule has 1 amide bonds. The number of carbonyl (C=O) groups excluding carboxylic acids is 1. The van der Waals surface area contributed by atoms with Crippen molar-refractivity contribution in [1.82, 2.24) is 9.78 Å². The van der Waals surface area contributed by atoms with E-state index < -0.39 is 0 Å². The lowest BCUT2D eigenvalue weighted by Crippen LogP contribution is -2.22. The van der Waals surface area contributed by atoms with E-state index in [9.17, 15) is 4.79 Å². The highest BCUT2D eigenvalue weighted by atomic mass is 35.5. The SMILES string of the molecule is Cc1nn(-c2cccc(Cl)c2)c2c1C(c1ccc3c(c1)OCO3)SC(C)C(=O)N2. The van der Waals surface area contributed by atoms with Crippen LogP contribution in [0, 0.1) is 6.92 Å². The Morgan fingerprint density at radius 1 is 1.21 bits per heavy atom. The Morgan fingerprint density at radius 3 is 2.86 bits per heavy atom. The highest BCUT2D eigenvalue weighted by Crippen LogP contribution is 2.48. The molecule has 5 rings (SSSR count). The molecule has 0 radical (unpaired) electrons. The third-order valence-electron chi connectivity index (χ3n) is 5.07. The fraction of sp³-hybridized carbons (Fsp3) is 0.238. The monoisotopic (exact) mass is 427 g/mol. The Morgan fingerprint density at radius 2 is 2.03 bits per heavy atom. The molecule has 0 spiro atoms. The van der Waals surface area contributed by atoms with Gasteiger partial charge in [-0.2, -0.15) is 5.10 Å². The third-order valence-corrected chi connectivity index (χ3v) is 6.71. The lowest BCUT2D eigenvalue weighted by Gasteiger charge is -2.17. The molecule has 8 heteroatoms. The largest absolute Gasteiger partial charge is 0.454 e. The molecule has 0 saturated carbocycles. The minimum atomic E-state index is -0.231. The number of rotatable bonds is 2. The van der Waals surface area contributed by atoms with E-state index in [1.54, 1.807) is 16.4 Å². The molecule has 148 valence electrons. The maximum atomic E-state index is 12.8. The number of fused-ring (bicyclic) bond motifs is 2. The van der Waals surface area contributed by atoms with Gasteiger partial charge in [-0.3, -0.25) is 4.79 Å². The zero-order valence-electron chi connectivity index (χ0n) is 15.8. The molecule has 29 heavy (non-hydrogen) atoms. The smallest absolute Gasteiger partial charge is 0.238 e.